The van der Waals surface area contributed by atoms with Gasteiger partial charge in [-0.1, -0.05) is 41.4 Å². The molecule has 202 valence electrons. The van der Waals surface area contributed by atoms with Gasteiger partial charge >= 0.3 is 12.4 Å². The van der Waals surface area contributed by atoms with E-state index in [1.165, 1.54) is 25.1 Å². The smallest absolute Gasteiger partial charge is 0.345 e. The van der Waals surface area contributed by atoms with E-state index in [9.17, 15) is 40.3 Å². The molecule has 0 saturated heterocycles. The number of thioether (sulfide) groups is 1. The summed E-state index contributed by atoms with van der Waals surface area (Å²) in [6, 6.07) is 4.44. The van der Waals surface area contributed by atoms with E-state index in [2.05, 4.69) is 5.32 Å². The van der Waals surface area contributed by atoms with E-state index in [1.807, 2.05) is 0 Å². The van der Waals surface area contributed by atoms with Gasteiger partial charge in [-0.25, -0.2) is 4.39 Å². The highest BCUT2D eigenvalue weighted by Gasteiger charge is 2.39. The van der Waals surface area contributed by atoms with E-state index in [4.69, 9.17) is 23.2 Å². The molecule has 14 heteroatoms. The molecule has 0 fully saturated rings. The van der Waals surface area contributed by atoms with Crippen molar-refractivity contribution in [3.8, 4) is 0 Å². The van der Waals surface area contributed by atoms with Crippen LogP contribution in [0.5, 0.6) is 0 Å². The van der Waals surface area contributed by atoms with Crippen molar-refractivity contribution < 1.29 is 40.3 Å². The van der Waals surface area contributed by atoms with Crippen LogP contribution in [0.15, 0.2) is 41.3 Å². The maximum atomic E-state index is 13.7. The number of carbonyl (C=O) groups excluding carboxylic acids is 2. The zero-order valence-electron chi connectivity index (χ0n) is 19.0. The van der Waals surface area contributed by atoms with Crippen LogP contribution in [0.4, 0.5) is 30.7 Å². The minimum Gasteiger partial charge on any atom is -0.345 e. The highest BCUT2D eigenvalue weighted by molar-refractivity contribution is 7.98. The van der Waals surface area contributed by atoms with Gasteiger partial charge in [0.1, 0.15) is 12.6 Å². The molecule has 2 unspecified atom stereocenters. The van der Waals surface area contributed by atoms with Crippen LogP contribution in [0.25, 0.3) is 6.08 Å². The van der Waals surface area contributed by atoms with Crippen molar-refractivity contribution in [3.63, 3.8) is 0 Å². The summed E-state index contributed by atoms with van der Waals surface area (Å²) in [7, 11) is 0. The highest BCUT2D eigenvalue weighted by Crippen LogP contribution is 2.39. The van der Waals surface area contributed by atoms with E-state index in [0.717, 1.165) is 36.0 Å². The Morgan fingerprint density at radius 2 is 1.65 bits per heavy atom. The third kappa shape index (κ3) is 8.82. The summed E-state index contributed by atoms with van der Waals surface area (Å²) in [5, 5.41) is 2.81. The molecule has 0 heterocycles. The number of alkyl halides is 6. The molecule has 2 rings (SSSR count). The summed E-state index contributed by atoms with van der Waals surface area (Å²) in [6.45, 7) is -0.358. The Bertz CT molecular complexity index is 1160. The van der Waals surface area contributed by atoms with E-state index < -0.39 is 58.5 Å². The van der Waals surface area contributed by atoms with Gasteiger partial charge in [-0.2, -0.15) is 26.3 Å². The zero-order chi connectivity index (χ0) is 28.1. The average molecular weight is 591 g/mol. The van der Waals surface area contributed by atoms with Crippen molar-refractivity contribution in [2.75, 3.05) is 12.8 Å². The van der Waals surface area contributed by atoms with Gasteiger partial charge in [0.05, 0.1) is 21.5 Å². The number of amides is 2. The normalized spacial score (nSPS) is 13.9. The van der Waals surface area contributed by atoms with E-state index in [1.54, 1.807) is 11.6 Å². The van der Waals surface area contributed by atoms with Gasteiger partial charge in [0.25, 0.3) is 5.91 Å². The Morgan fingerprint density at radius 1 is 1.05 bits per heavy atom. The first-order valence-corrected chi connectivity index (χ1v) is 12.2. The lowest BCUT2D eigenvalue weighted by Gasteiger charge is -2.18. The molecular weight excluding hydrogens is 572 g/mol. The Hall–Kier alpha value is -2.44. The monoisotopic (exact) mass is 590 g/mol. The second kappa shape index (κ2) is 12.4. The van der Waals surface area contributed by atoms with Gasteiger partial charge < -0.3 is 10.6 Å². The van der Waals surface area contributed by atoms with Gasteiger partial charge in [0, 0.05) is 4.90 Å². The highest BCUT2D eigenvalue weighted by atomic mass is 35.5. The van der Waals surface area contributed by atoms with Crippen molar-refractivity contribution >= 4 is 52.9 Å². The molecule has 2 atom stereocenters. The molecule has 0 aliphatic carbocycles. The second-order valence-corrected chi connectivity index (χ2v) is 9.33. The summed E-state index contributed by atoms with van der Waals surface area (Å²) in [5.74, 6) is -5.02. The molecule has 4 nitrogen and oxygen atoms in total. The molecule has 2 amide bonds. The Kier molecular flexibility index (Phi) is 10.3. The first kappa shape index (κ1) is 30.8. The maximum absolute atomic E-state index is 13.7. The van der Waals surface area contributed by atoms with Crippen LogP contribution in [0.2, 0.25) is 10.0 Å². The predicted octanol–water partition coefficient (Wildman–Crippen LogP) is 7.01. The van der Waals surface area contributed by atoms with Gasteiger partial charge in [-0.3, -0.25) is 9.59 Å². The second-order valence-electron chi connectivity index (χ2n) is 7.66. The standard InChI is InChI=1S/C23H19Cl2F7N2O2S/c1-11(20(35)33-10-22(27,28)29)34-21(36)14-5-3-12(7-18(14)37-2)4-6-15(23(30,31)32)13-8-16(24)19(26)17(25)9-13/h3-9,11,15H,10H2,1-2H3,(H,33,35)(H,34,36)/b6-4+. The SMILES string of the molecule is CSc1cc(/C=C/C(c2cc(Cl)c(F)c(Cl)c2)C(F)(F)F)ccc1C(=O)NC(C)C(=O)NCC(F)(F)F. The molecule has 37 heavy (non-hydrogen) atoms. The fourth-order valence-electron chi connectivity index (χ4n) is 3.05. The van der Waals surface area contributed by atoms with Crippen LogP contribution >= 0.6 is 35.0 Å². The van der Waals surface area contributed by atoms with Crippen molar-refractivity contribution in [1.29, 1.82) is 0 Å². The van der Waals surface area contributed by atoms with Crippen LogP contribution in [-0.2, 0) is 4.79 Å². The molecule has 2 aromatic carbocycles. The van der Waals surface area contributed by atoms with Crippen LogP contribution in [0.1, 0.15) is 34.3 Å². The summed E-state index contributed by atoms with van der Waals surface area (Å²) >= 11 is 12.4. The van der Waals surface area contributed by atoms with Gasteiger partial charge in [0.2, 0.25) is 5.91 Å². The minimum absolute atomic E-state index is 0.0598. The number of hydrogen-bond donors (Lipinski definition) is 2. The molecule has 0 spiro atoms. The summed E-state index contributed by atoms with van der Waals surface area (Å²) in [4.78, 5) is 24.7. The number of carbonyl (C=O) groups is 2. The van der Waals surface area contributed by atoms with Crippen LogP contribution < -0.4 is 10.6 Å². The minimum atomic E-state index is -4.76. The van der Waals surface area contributed by atoms with E-state index >= 15 is 0 Å². The number of halogens is 9. The van der Waals surface area contributed by atoms with Crippen LogP contribution in [0, 0.1) is 5.82 Å². The first-order valence-electron chi connectivity index (χ1n) is 10.3. The number of rotatable bonds is 8. The largest absolute Gasteiger partial charge is 0.405 e. The average Bonchev–Trinajstić information content (AvgIpc) is 2.79. The number of nitrogens with one attached hydrogen (secondary N) is 2. The van der Waals surface area contributed by atoms with Crippen LogP contribution in [-0.4, -0.2) is 43.0 Å². The fourth-order valence-corrected chi connectivity index (χ4v) is 4.19. The van der Waals surface area contributed by atoms with E-state index in [-0.39, 0.29) is 16.7 Å². The molecule has 2 N–H and O–H groups in total. The molecule has 0 radical (unpaired) electrons. The Balaban J connectivity index is 2.25. The number of allylic oxidation sites excluding steroid dienone is 1. The molecule has 0 aliphatic rings. The van der Waals surface area contributed by atoms with Crippen molar-refractivity contribution in [2.24, 2.45) is 0 Å². The van der Waals surface area contributed by atoms with E-state index in [0.29, 0.717) is 4.90 Å². The van der Waals surface area contributed by atoms with Gasteiger partial charge in [0.15, 0.2) is 5.82 Å². The molecule has 0 aromatic heterocycles. The van der Waals surface area contributed by atoms with Gasteiger partial charge in [-0.05, 0) is 48.6 Å². The summed E-state index contributed by atoms with van der Waals surface area (Å²) < 4.78 is 91.6. The third-order valence-corrected chi connectivity index (χ3v) is 6.20. The predicted molar refractivity (Wildman–Crippen MR) is 128 cm³/mol. The molecule has 0 bridgehead atoms. The summed E-state index contributed by atoms with van der Waals surface area (Å²) in [5.41, 5.74) is -0.0333. The quantitative estimate of drug-likeness (QED) is 0.197. The number of hydrogen-bond acceptors (Lipinski definition) is 3. The van der Waals surface area contributed by atoms with Crippen molar-refractivity contribution in [2.45, 2.75) is 36.1 Å². The zero-order valence-corrected chi connectivity index (χ0v) is 21.4. The Labute approximate surface area is 221 Å². The topological polar surface area (TPSA) is 58.2 Å². The Morgan fingerprint density at radius 3 is 2.16 bits per heavy atom. The third-order valence-electron chi connectivity index (χ3n) is 4.87. The molecular formula is C23H19Cl2F7N2O2S. The molecule has 0 saturated carbocycles. The molecule has 2 aromatic rings. The van der Waals surface area contributed by atoms with Crippen molar-refractivity contribution in [3.05, 3.63) is 69.0 Å². The maximum Gasteiger partial charge on any atom is 0.405 e. The van der Waals surface area contributed by atoms with Crippen molar-refractivity contribution in [1.82, 2.24) is 10.6 Å². The van der Waals surface area contributed by atoms with Crippen LogP contribution in [0.3, 0.4) is 0 Å². The lowest BCUT2D eigenvalue weighted by molar-refractivity contribution is -0.139. The summed E-state index contributed by atoms with van der Waals surface area (Å²) in [6.07, 6.45) is -5.80. The fraction of sp³-hybridized carbons (Fsp3) is 0.304. The van der Waals surface area contributed by atoms with Gasteiger partial charge in [-0.15, -0.1) is 11.8 Å². The number of benzene rings is 2. The lowest BCUT2D eigenvalue weighted by atomic mass is 9.96. The molecule has 0 aliphatic heterocycles. The first-order chi connectivity index (χ1) is 17.0. The lowest BCUT2D eigenvalue weighted by Crippen LogP contribution is -2.47.